The van der Waals surface area contributed by atoms with Crippen molar-refractivity contribution < 1.29 is 13.6 Å². The van der Waals surface area contributed by atoms with E-state index in [1.165, 1.54) is 10.7 Å². The number of nitrogens with one attached hydrogen (secondary N) is 1. The normalized spacial score (nSPS) is 10.8. The van der Waals surface area contributed by atoms with Gasteiger partial charge in [-0.25, -0.2) is 8.78 Å². The Bertz CT molecular complexity index is 1100. The lowest BCUT2D eigenvalue weighted by Gasteiger charge is -2.09. The molecule has 0 spiro atoms. The van der Waals surface area contributed by atoms with Gasteiger partial charge in [-0.15, -0.1) is 0 Å². The Balaban J connectivity index is 1.61. The fraction of sp³-hybridized carbons (Fsp3) is 0.261. The summed E-state index contributed by atoms with van der Waals surface area (Å²) in [6.07, 6.45) is 2.57. The van der Waals surface area contributed by atoms with Gasteiger partial charge in [0.1, 0.15) is 0 Å². The number of carbonyl (C=O) groups excluding carboxylic acids is 1. The van der Waals surface area contributed by atoms with E-state index in [4.69, 9.17) is 0 Å². The van der Waals surface area contributed by atoms with Gasteiger partial charge in [-0.2, -0.15) is 10.4 Å². The predicted molar refractivity (Wildman–Crippen MR) is 110 cm³/mol. The second-order valence-electron chi connectivity index (χ2n) is 7.57. The van der Waals surface area contributed by atoms with Crippen LogP contribution in [-0.4, -0.2) is 15.7 Å². The fourth-order valence-electron chi connectivity index (χ4n) is 3.17. The van der Waals surface area contributed by atoms with Crippen molar-refractivity contribution in [3.05, 3.63) is 82.5 Å². The number of amides is 1. The van der Waals surface area contributed by atoms with Gasteiger partial charge in [0.05, 0.1) is 24.6 Å². The highest BCUT2D eigenvalue weighted by atomic mass is 19.2. The molecule has 3 rings (SSSR count). The third-order valence-corrected chi connectivity index (χ3v) is 4.52. The van der Waals surface area contributed by atoms with Crippen LogP contribution in [0.25, 0.3) is 0 Å². The molecule has 0 aliphatic heterocycles. The molecule has 3 aromatic rings. The minimum absolute atomic E-state index is 0.118. The van der Waals surface area contributed by atoms with Crippen molar-refractivity contribution in [1.82, 2.24) is 9.78 Å². The largest absolute Gasteiger partial charge is 0.309 e. The van der Waals surface area contributed by atoms with Gasteiger partial charge in [-0.3, -0.25) is 9.48 Å². The van der Waals surface area contributed by atoms with E-state index in [1.807, 2.05) is 12.1 Å². The van der Waals surface area contributed by atoms with Crippen LogP contribution in [0.4, 0.5) is 14.6 Å². The van der Waals surface area contributed by atoms with Crippen molar-refractivity contribution in [2.75, 3.05) is 5.32 Å². The molecule has 7 heteroatoms. The van der Waals surface area contributed by atoms with Gasteiger partial charge in [-0.05, 0) is 47.2 Å². The first kappa shape index (κ1) is 21.2. The van der Waals surface area contributed by atoms with Crippen LogP contribution in [-0.2, 0) is 24.2 Å². The highest BCUT2D eigenvalue weighted by Gasteiger charge is 2.11. The summed E-state index contributed by atoms with van der Waals surface area (Å²) in [4.78, 5) is 12.4. The van der Waals surface area contributed by atoms with Gasteiger partial charge in [0.25, 0.3) is 0 Å². The highest BCUT2D eigenvalue weighted by molar-refractivity contribution is 5.91. The Kier molecular flexibility index (Phi) is 6.58. The molecular formula is C23H22F2N4O. The molecule has 0 aliphatic rings. The summed E-state index contributed by atoms with van der Waals surface area (Å²) in [6.45, 7) is 4.43. The first-order valence-electron chi connectivity index (χ1n) is 9.63. The van der Waals surface area contributed by atoms with Crippen LogP contribution in [0.2, 0.25) is 0 Å². The van der Waals surface area contributed by atoms with Crippen LogP contribution < -0.4 is 5.32 Å². The number of hydrogen-bond acceptors (Lipinski definition) is 3. The predicted octanol–water partition coefficient (Wildman–Crippen LogP) is 4.46. The molecule has 0 atom stereocenters. The summed E-state index contributed by atoms with van der Waals surface area (Å²) in [5.74, 6) is -1.27. The standard InChI is InChI=1S/C23H22F2N4O/c1-15(2)9-18-5-3-16(10-19(18)13-26)12-23(30)27-22-7-8-29(28-22)14-17-4-6-20(24)21(25)11-17/h3-8,10-11,15H,9,12,14H2,1-2H3,(H,27,28,30). The van der Waals surface area contributed by atoms with Gasteiger partial charge in [0.2, 0.25) is 5.91 Å². The molecule has 30 heavy (non-hydrogen) atoms. The number of halogens is 2. The van der Waals surface area contributed by atoms with E-state index < -0.39 is 11.6 Å². The summed E-state index contributed by atoms with van der Waals surface area (Å²) in [6, 6.07) is 13.0. The average Bonchev–Trinajstić information content (AvgIpc) is 3.12. The molecule has 1 aromatic heterocycles. The maximum absolute atomic E-state index is 13.3. The van der Waals surface area contributed by atoms with Crippen LogP contribution in [0.5, 0.6) is 0 Å². The molecule has 0 unspecified atom stereocenters. The quantitative estimate of drug-likeness (QED) is 0.627. The zero-order valence-electron chi connectivity index (χ0n) is 16.8. The molecule has 0 saturated carbocycles. The minimum Gasteiger partial charge on any atom is -0.309 e. The van der Waals surface area contributed by atoms with Gasteiger partial charge in [0.15, 0.2) is 17.5 Å². The van der Waals surface area contributed by atoms with Crippen LogP contribution in [0, 0.1) is 28.9 Å². The minimum atomic E-state index is -0.913. The number of hydrogen-bond donors (Lipinski definition) is 1. The van der Waals surface area contributed by atoms with E-state index in [2.05, 4.69) is 30.3 Å². The molecule has 0 radical (unpaired) electrons. The molecule has 1 amide bonds. The smallest absolute Gasteiger partial charge is 0.229 e. The molecule has 1 heterocycles. The highest BCUT2D eigenvalue weighted by Crippen LogP contribution is 2.17. The van der Waals surface area contributed by atoms with E-state index in [0.717, 1.165) is 29.7 Å². The molecule has 1 N–H and O–H groups in total. The summed E-state index contributed by atoms with van der Waals surface area (Å²) >= 11 is 0. The maximum Gasteiger partial charge on any atom is 0.229 e. The van der Waals surface area contributed by atoms with E-state index in [9.17, 15) is 18.8 Å². The third kappa shape index (κ3) is 5.51. The first-order valence-corrected chi connectivity index (χ1v) is 9.63. The summed E-state index contributed by atoms with van der Waals surface area (Å²) in [7, 11) is 0. The molecule has 2 aromatic carbocycles. The Morgan fingerprint density at radius 1 is 1.13 bits per heavy atom. The molecule has 154 valence electrons. The van der Waals surface area contributed by atoms with Crippen LogP contribution in [0.3, 0.4) is 0 Å². The summed E-state index contributed by atoms with van der Waals surface area (Å²) < 4.78 is 27.9. The first-order chi connectivity index (χ1) is 14.3. The van der Waals surface area contributed by atoms with E-state index >= 15 is 0 Å². The zero-order chi connectivity index (χ0) is 21.7. The fourth-order valence-corrected chi connectivity index (χ4v) is 3.17. The molecule has 5 nitrogen and oxygen atoms in total. The van der Waals surface area contributed by atoms with Crippen molar-refractivity contribution in [1.29, 1.82) is 5.26 Å². The number of nitriles is 1. The second kappa shape index (κ2) is 9.31. The summed E-state index contributed by atoms with van der Waals surface area (Å²) in [5, 5.41) is 16.3. The lowest BCUT2D eigenvalue weighted by atomic mass is 9.96. The Labute approximate surface area is 174 Å². The Morgan fingerprint density at radius 2 is 1.90 bits per heavy atom. The lowest BCUT2D eigenvalue weighted by Crippen LogP contribution is -2.15. The van der Waals surface area contributed by atoms with E-state index in [-0.39, 0.29) is 18.9 Å². The van der Waals surface area contributed by atoms with Crippen molar-refractivity contribution in [2.24, 2.45) is 5.92 Å². The van der Waals surface area contributed by atoms with Gasteiger partial charge in [0, 0.05) is 12.3 Å². The van der Waals surface area contributed by atoms with Gasteiger partial charge in [-0.1, -0.05) is 32.0 Å². The Morgan fingerprint density at radius 3 is 2.60 bits per heavy atom. The van der Waals surface area contributed by atoms with E-state index in [0.29, 0.717) is 22.9 Å². The van der Waals surface area contributed by atoms with Crippen molar-refractivity contribution in [2.45, 2.75) is 33.2 Å². The van der Waals surface area contributed by atoms with Crippen molar-refractivity contribution in [3.63, 3.8) is 0 Å². The number of anilines is 1. The zero-order valence-corrected chi connectivity index (χ0v) is 16.8. The average molecular weight is 408 g/mol. The Hall–Kier alpha value is -3.53. The molecule has 0 bridgehead atoms. The van der Waals surface area contributed by atoms with Crippen LogP contribution >= 0.6 is 0 Å². The third-order valence-electron chi connectivity index (χ3n) is 4.52. The lowest BCUT2D eigenvalue weighted by molar-refractivity contribution is -0.115. The van der Waals surface area contributed by atoms with Crippen LogP contribution in [0.15, 0.2) is 48.7 Å². The number of benzene rings is 2. The SMILES string of the molecule is CC(C)Cc1ccc(CC(=O)Nc2ccn(Cc3ccc(F)c(F)c3)n2)cc1C#N. The topological polar surface area (TPSA) is 70.7 Å². The number of aromatic nitrogens is 2. The summed E-state index contributed by atoms with van der Waals surface area (Å²) in [5.41, 5.74) is 2.87. The number of rotatable bonds is 7. The number of carbonyl (C=O) groups is 1. The van der Waals surface area contributed by atoms with E-state index in [1.54, 1.807) is 18.3 Å². The van der Waals surface area contributed by atoms with Crippen LogP contribution in [0.1, 0.15) is 36.1 Å². The molecule has 0 fully saturated rings. The molecule has 0 aliphatic carbocycles. The molecular weight excluding hydrogens is 386 g/mol. The number of nitrogens with zero attached hydrogens (tertiary/aromatic N) is 3. The maximum atomic E-state index is 13.3. The second-order valence-corrected chi connectivity index (χ2v) is 7.57. The molecule has 0 saturated heterocycles. The van der Waals surface area contributed by atoms with Crippen molar-refractivity contribution >= 4 is 11.7 Å². The van der Waals surface area contributed by atoms with Gasteiger partial charge < -0.3 is 5.32 Å². The monoisotopic (exact) mass is 408 g/mol. The van der Waals surface area contributed by atoms with Gasteiger partial charge >= 0.3 is 0 Å². The van der Waals surface area contributed by atoms with Crippen molar-refractivity contribution in [3.8, 4) is 6.07 Å².